The summed E-state index contributed by atoms with van der Waals surface area (Å²) in [6.45, 7) is 14.2. The van der Waals surface area contributed by atoms with Crippen LogP contribution >= 0.6 is 0 Å². The van der Waals surface area contributed by atoms with Gasteiger partial charge in [0.25, 0.3) is 0 Å². The van der Waals surface area contributed by atoms with Gasteiger partial charge in [0, 0.05) is 12.0 Å². The van der Waals surface area contributed by atoms with Gasteiger partial charge in [0.2, 0.25) is 0 Å². The molecule has 0 saturated heterocycles. The largest absolute Gasteiger partial charge is 0.493 e. The second-order valence-corrected chi connectivity index (χ2v) is 7.81. The van der Waals surface area contributed by atoms with Crippen LogP contribution in [0.3, 0.4) is 0 Å². The van der Waals surface area contributed by atoms with E-state index in [4.69, 9.17) is 4.74 Å². The smallest absolute Gasteiger partial charge is 0.119 e. The van der Waals surface area contributed by atoms with Crippen LogP contribution in [0.2, 0.25) is 0 Å². The van der Waals surface area contributed by atoms with Crippen LogP contribution in [0.25, 0.3) is 0 Å². The van der Waals surface area contributed by atoms with Gasteiger partial charge < -0.3 is 10.1 Å². The fraction of sp³-hybridized carbons (Fsp3) is 0.684. The summed E-state index contributed by atoms with van der Waals surface area (Å²) >= 11 is 0. The lowest BCUT2D eigenvalue weighted by Gasteiger charge is -2.54. The van der Waals surface area contributed by atoms with Crippen LogP contribution in [0.1, 0.15) is 53.0 Å². The fourth-order valence-corrected chi connectivity index (χ4v) is 3.74. The van der Waals surface area contributed by atoms with Crippen molar-refractivity contribution in [2.75, 3.05) is 19.7 Å². The van der Waals surface area contributed by atoms with Crippen LogP contribution < -0.4 is 10.1 Å². The molecular formula is C19H31NO. The normalized spacial score (nSPS) is 19.3. The first-order valence-corrected chi connectivity index (χ1v) is 8.31. The summed E-state index contributed by atoms with van der Waals surface area (Å²) in [5.41, 5.74) is 2.25. The summed E-state index contributed by atoms with van der Waals surface area (Å²) < 4.78 is 5.79. The van der Waals surface area contributed by atoms with Gasteiger partial charge in [0.05, 0.1) is 6.61 Å². The predicted molar refractivity (Wildman–Crippen MR) is 90.0 cm³/mol. The Morgan fingerprint density at radius 3 is 2.24 bits per heavy atom. The van der Waals surface area contributed by atoms with Gasteiger partial charge in [-0.05, 0) is 48.4 Å². The molecule has 1 N–H and O–H groups in total. The van der Waals surface area contributed by atoms with Crippen LogP contribution in [0.15, 0.2) is 24.3 Å². The van der Waals surface area contributed by atoms with Gasteiger partial charge in [-0.15, -0.1) is 0 Å². The zero-order chi connectivity index (χ0) is 15.5. The molecule has 1 aliphatic carbocycles. The Morgan fingerprint density at radius 1 is 1.14 bits per heavy atom. The first-order chi connectivity index (χ1) is 9.87. The molecule has 1 fully saturated rings. The quantitative estimate of drug-likeness (QED) is 0.804. The molecule has 0 amide bonds. The Morgan fingerprint density at radius 2 is 1.76 bits per heavy atom. The zero-order valence-electron chi connectivity index (χ0n) is 14.3. The van der Waals surface area contributed by atoms with Gasteiger partial charge in [-0.3, -0.25) is 0 Å². The molecule has 0 atom stereocenters. The van der Waals surface area contributed by atoms with Crippen LogP contribution in [-0.4, -0.2) is 19.7 Å². The summed E-state index contributed by atoms with van der Waals surface area (Å²) in [5, 5.41) is 3.55. The second-order valence-electron chi connectivity index (χ2n) is 7.81. The third-order valence-electron chi connectivity index (χ3n) is 4.40. The van der Waals surface area contributed by atoms with Crippen molar-refractivity contribution in [2.45, 2.75) is 52.9 Å². The predicted octanol–water partition coefficient (Wildman–Crippen LogP) is 4.39. The van der Waals surface area contributed by atoms with Gasteiger partial charge >= 0.3 is 0 Å². The molecule has 2 nitrogen and oxygen atoms in total. The molecule has 0 radical (unpaired) electrons. The summed E-state index contributed by atoms with van der Waals surface area (Å²) in [7, 11) is 0. The van der Waals surface area contributed by atoms with E-state index < -0.39 is 0 Å². The first-order valence-electron chi connectivity index (χ1n) is 8.31. The highest BCUT2D eigenvalue weighted by molar-refractivity contribution is 5.35. The molecule has 0 aromatic heterocycles. The third kappa shape index (κ3) is 4.00. The van der Waals surface area contributed by atoms with Gasteiger partial charge in [0.1, 0.15) is 5.75 Å². The van der Waals surface area contributed by atoms with E-state index in [2.05, 4.69) is 64.2 Å². The second kappa shape index (κ2) is 6.39. The molecule has 21 heavy (non-hydrogen) atoms. The zero-order valence-corrected chi connectivity index (χ0v) is 14.3. The molecule has 0 aliphatic heterocycles. The molecule has 2 rings (SSSR count). The fourth-order valence-electron chi connectivity index (χ4n) is 3.74. The average molecular weight is 289 g/mol. The number of nitrogens with one attached hydrogen (secondary N) is 1. The summed E-state index contributed by atoms with van der Waals surface area (Å²) in [6.07, 6.45) is 2.53. The lowest BCUT2D eigenvalue weighted by molar-refractivity contribution is 0.0567. The van der Waals surface area contributed by atoms with Gasteiger partial charge in [-0.1, -0.05) is 46.8 Å². The van der Waals surface area contributed by atoms with E-state index in [-0.39, 0.29) is 0 Å². The number of rotatable bonds is 7. The maximum atomic E-state index is 5.79. The van der Waals surface area contributed by atoms with Crippen molar-refractivity contribution < 1.29 is 4.74 Å². The Hall–Kier alpha value is -1.02. The summed E-state index contributed by atoms with van der Waals surface area (Å²) in [6, 6.07) is 8.80. The number of hydrogen-bond donors (Lipinski definition) is 1. The topological polar surface area (TPSA) is 21.3 Å². The summed E-state index contributed by atoms with van der Waals surface area (Å²) in [4.78, 5) is 0. The Labute approximate surface area is 130 Å². The van der Waals surface area contributed by atoms with Crippen molar-refractivity contribution in [3.63, 3.8) is 0 Å². The van der Waals surface area contributed by atoms with Crippen LogP contribution in [0.4, 0.5) is 0 Å². The number of ether oxygens (including phenoxy) is 1. The maximum Gasteiger partial charge on any atom is 0.119 e. The minimum atomic E-state index is 0.316. The Bertz CT molecular complexity index is 439. The lowest BCUT2D eigenvalue weighted by atomic mass is 9.52. The van der Waals surface area contributed by atoms with Crippen molar-refractivity contribution in [2.24, 2.45) is 11.3 Å². The molecule has 1 aromatic carbocycles. The standard InChI is InChI=1S/C19H31NO/c1-6-20-14-19(12-18(4,5)13-19)16-7-9-17(10-8-16)21-11-15(2)3/h7-10,15,20H,6,11-14H2,1-5H3. The van der Waals surface area contributed by atoms with Gasteiger partial charge in [-0.25, -0.2) is 0 Å². The third-order valence-corrected chi connectivity index (χ3v) is 4.40. The van der Waals surface area contributed by atoms with Crippen LogP contribution in [0, 0.1) is 11.3 Å². The highest BCUT2D eigenvalue weighted by Crippen LogP contribution is 2.55. The molecular weight excluding hydrogens is 258 g/mol. The monoisotopic (exact) mass is 289 g/mol. The number of benzene rings is 1. The van der Waals surface area contributed by atoms with Crippen LogP contribution in [0.5, 0.6) is 5.75 Å². The Kier molecular flexibility index (Phi) is 4.98. The molecule has 0 unspecified atom stereocenters. The minimum absolute atomic E-state index is 0.316. The number of hydrogen-bond acceptors (Lipinski definition) is 2. The van der Waals surface area contributed by atoms with E-state index in [9.17, 15) is 0 Å². The van der Waals surface area contributed by atoms with Crippen LogP contribution in [-0.2, 0) is 5.41 Å². The van der Waals surface area contributed by atoms with E-state index in [0.717, 1.165) is 25.4 Å². The molecule has 2 heteroatoms. The molecule has 1 saturated carbocycles. The molecule has 0 spiro atoms. The maximum absolute atomic E-state index is 5.79. The van der Waals surface area contributed by atoms with E-state index in [1.165, 1.54) is 18.4 Å². The van der Waals surface area contributed by atoms with Crippen molar-refractivity contribution in [3.8, 4) is 5.75 Å². The lowest BCUT2D eigenvalue weighted by Crippen LogP contribution is -2.52. The van der Waals surface area contributed by atoms with E-state index >= 15 is 0 Å². The van der Waals surface area contributed by atoms with Gasteiger partial charge in [0.15, 0.2) is 0 Å². The number of likely N-dealkylation sites (N-methyl/N-ethyl adjacent to an activating group) is 1. The average Bonchev–Trinajstić information content (AvgIpc) is 2.41. The molecule has 1 aromatic rings. The molecule has 1 aliphatic rings. The van der Waals surface area contributed by atoms with Gasteiger partial charge in [-0.2, -0.15) is 0 Å². The van der Waals surface area contributed by atoms with E-state index in [1.54, 1.807) is 0 Å². The van der Waals surface area contributed by atoms with E-state index in [0.29, 0.717) is 16.7 Å². The summed E-state index contributed by atoms with van der Waals surface area (Å²) in [5.74, 6) is 1.56. The highest BCUT2D eigenvalue weighted by atomic mass is 16.5. The molecule has 0 heterocycles. The highest BCUT2D eigenvalue weighted by Gasteiger charge is 2.49. The minimum Gasteiger partial charge on any atom is -0.493 e. The van der Waals surface area contributed by atoms with Crippen molar-refractivity contribution in [1.82, 2.24) is 5.32 Å². The SMILES string of the molecule is CCNCC1(c2ccc(OCC(C)C)cc2)CC(C)(C)C1. The van der Waals surface area contributed by atoms with E-state index in [1.807, 2.05) is 0 Å². The van der Waals surface area contributed by atoms with Crippen molar-refractivity contribution in [1.29, 1.82) is 0 Å². The van der Waals surface area contributed by atoms with Crippen molar-refractivity contribution >= 4 is 0 Å². The first kappa shape index (κ1) is 16.4. The van der Waals surface area contributed by atoms with Crippen molar-refractivity contribution in [3.05, 3.63) is 29.8 Å². The molecule has 0 bridgehead atoms. The molecule has 118 valence electrons. The Balaban J connectivity index is 2.07.